The summed E-state index contributed by atoms with van der Waals surface area (Å²) in [5.41, 5.74) is 3.05. The van der Waals surface area contributed by atoms with Crippen molar-refractivity contribution < 1.29 is 14.3 Å². The van der Waals surface area contributed by atoms with E-state index in [1.807, 2.05) is 32.9 Å². The van der Waals surface area contributed by atoms with Gasteiger partial charge < -0.3 is 14.8 Å². The summed E-state index contributed by atoms with van der Waals surface area (Å²) in [7, 11) is 0. The molecule has 0 amide bonds. The van der Waals surface area contributed by atoms with Crippen LogP contribution in [0.2, 0.25) is 0 Å². The predicted octanol–water partition coefficient (Wildman–Crippen LogP) is 5.31. The van der Waals surface area contributed by atoms with Crippen LogP contribution in [0.1, 0.15) is 44.7 Å². The maximum Gasteiger partial charge on any atom is 0.316 e. The molecule has 4 rings (SSSR count). The highest BCUT2D eigenvalue weighted by atomic mass is 32.2. The maximum absolute atomic E-state index is 12.3. The minimum absolute atomic E-state index is 0.218. The Kier molecular flexibility index (Phi) is 6.21. The molecule has 0 aliphatic carbocycles. The number of nitrogens with one attached hydrogen (secondary N) is 1. The van der Waals surface area contributed by atoms with Crippen LogP contribution in [0.15, 0.2) is 53.4 Å². The fourth-order valence-electron chi connectivity index (χ4n) is 3.56. The first-order chi connectivity index (χ1) is 14.4. The number of hydrogen-bond acceptors (Lipinski definition) is 5. The topological polar surface area (TPSA) is 47.6 Å². The zero-order chi connectivity index (χ0) is 21.1. The average Bonchev–Trinajstić information content (AvgIpc) is 3.13. The van der Waals surface area contributed by atoms with Gasteiger partial charge in [-0.15, -0.1) is 11.8 Å². The number of hydrogen-bond donors (Lipinski definition) is 1. The van der Waals surface area contributed by atoms with Crippen molar-refractivity contribution in [3.63, 3.8) is 0 Å². The fraction of sp³-hybridized carbons (Fsp3) is 0.400. The molecule has 2 aliphatic heterocycles. The number of carbonyl (C=O) groups excluding carboxylic acids is 1. The smallest absolute Gasteiger partial charge is 0.316 e. The molecule has 4 nitrogen and oxygen atoms in total. The van der Waals surface area contributed by atoms with Gasteiger partial charge in [0, 0.05) is 17.2 Å². The highest BCUT2D eigenvalue weighted by Crippen LogP contribution is 2.38. The van der Waals surface area contributed by atoms with Crippen molar-refractivity contribution in [1.29, 1.82) is 0 Å². The molecule has 2 heterocycles. The number of fused-ring (bicyclic) bond motifs is 1. The maximum atomic E-state index is 12.3. The van der Waals surface area contributed by atoms with Crippen molar-refractivity contribution in [3.8, 4) is 11.5 Å². The molecule has 2 aliphatic rings. The Labute approximate surface area is 183 Å². The summed E-state index contributed by atoms with van der Waals surface area (Å²) in [6, 6.07) is 14.4. The summed E-state index contributed by atoms with van der Waals surface area (Å²) in [4.78, 5) is 13.4. The van der Waals surface area contributed by atoms with Gasteiger partial charge >= 0.3 is 5.97 Å². The van der Waals surface area contributed by atoms with Crippen LogP contribution >= 0.6 is 11.8 Å². The van der Waals surface area contributed by atoms with Gasteiger partial charge in [-0.25, -0.2) is 0 Å². The molecule has 1 atom stereocenters. The molecular formula is C25H29NO3S. The molecule has 0 unspecified atom stereocenters. The Morgan fingerprint density at radius 3 is 2.57 bits per heavy atom. The van der Waals surface area contributed by atoms with Crippen molar-refractivity contribution in [1.82, 2.24) is 5.32 Å². The van der Waals surface area contributed by atoms with E-state index in [4.69, 9.17) is 9.47 Å². The fourth-order valence-corrected chi connectivity index (χ4v) is 4.55. The molecule has 0 radical (unpaired) electrons. The van der Waals surface area contributed by atoms with Crippen LogP contribution < -0.4 is 14.8 Å². The lowest BCUT2D eigenvalue weighted by molar-refractivity contribution is -0.143. The Morgan fingerprint density at radius 1 is 1.10 bits per heavy atom. The highest BCUT2D eigenvalue weighted by Gasteiger charge is 2.24. The van der Waals surface area contributed by atoms with E-state index in [9.17, 15) is 4.79 Å². The third kappa shape index (κ3) is 4.90. The van der Waals surface area contributed by atoms with Crippen molar-refractivity contribution in [3.05, 3.63) is 59.7 Å². The lowest BCUT2D eigenvalue weighted by Gasteiger charge is -2.18. The van der Waals surface area contributed by atoms with Crippen LogP contribution in [0.4, 0.5) is 0 Å². The molecule has 0 saturated carbocycles. The number of ether oxygens (including phenoxy) is 2. The summed E-state index contributed by atoms with van der Waals surface area (Å²) >= 11 is 1.81. The molecule has 2 aromatic rings. The number of esters is 1. The normalized spacial score (nSPS) is 18.9. The third-order valence-electron chi connectivity index (χ3n) is 5.27. The summed E-state index contributed by atoms with van der Waals surface area (Å²) in [5, 5.41) is 3.33. The summed E-state index contributed by atoms with van der Waals surface area (Å²) in [6.07, 6.45) is 4.62. The van der Waals surface area contributed by atoms with Gasteiger partial charge in [0.2, 0.25) is 0 Å². The standard InChI is InChI=1S/C25H29NO3S/c1-25(2,3)24(27)29-19-10-11-22-21(5-4-14-30-23(22)15-19)17-6-8-18(9-7-17)28-20-12-13-26-16-20/h5-11,15,20,26H,4,12-14,16H2,1-3H3/t20-/m0/s1. The summed E-state index contributed by atoms with van der Waals surface area (Å²) in [5.74, 6) is 2.31. The Balaban J connectivity index is 1.55. The average molecular weight is 424 g/mol. The molecule has 1 N–H and O–H groups in total. The predicted molar refractivity (Wildman–Crippen MR) is 122 cm³/mol. The van der Waals surface area contributed by atoms with Crippen molar-refractivity contribution >= 4 is 23.3 Å². The molecule has 1 fully saturated rings. The van der Waals surface area contributed by atoms with E-state index in [1.165, 1.54) is 16.7 Å². The first-order valence-electron chi connectivity index (χ1n) is 10.6. The first kappa shape index (κ1) is 21.0. The van der Waals surface area contributed by atoms with Crippen molar-refractivity contribution in [2.24, 2.45) is 5.41 Å². The third-order valence-corrected chi connectivity index (χ3v) is 6.36. The van der Waals surface area contributed by atoms with Gasteiger partial charge in [-0.1, -0.05) is 18.2 Å². The van der Waals surface area contributed by atoms with Crippen LogP contribution in [0, 0.1) is 5.41 Å². The van der Waals surface area contributed by atoms with E-state index in [1.54, 1.807) is 11.8 Å². The zero-order valence-corrected chi connectivity index (χ0v) is 18.7. The van der Waals surface area contributed by atoms with E-state index in [0.29, 0.717) is 5.75 Å². The van der Waals surface area contributed by atoms with Gasteiger partial charge in [0.1, 0.15) is 17.6 Å². The van der Waals surface area contributed by atoms with Gasteiger partial charge in [0.15, 0.2) is 0 Å². The van der Waals surface area contributed by atoms with Crippen LogP contribution in [-0.2, 0) is 4.79 Å². The Morgan fingerprint density at radius 2 is 1.87 bits per heavy atom. The van der Waals surface area contributed by atoms with E-state index < -0.39 is 5.41 Å². The Hall–Kier alpha value is -2.24. The number of benzene rings is 2. The quantitative estimate of drug-likeness (QED) is 0.534. The SMILES string of the molecule is CC(C)(C)C(=O)Oc1ccc2c(c1)SCCC=C2c1ccc(O[C@H]2CCNC2)cc1. The van der Waals surface area contributed by atoms with Crippen LogP contribution in [0.5, 0.6) is 11.5 Å². The van der Waals surface area contributed by atoms with Crippen molar-refractivity contribution in [2.75, 3.05) is 18.8 Å². The van der Waals surface area contributed by atoms with Crippen LogP contribution in [0.3, 0.4) is 0 Å². The molecular weight excluding hydrogens is 394 g/mol. The Bertz CT molecular complexity index is 938. The van der Waals surface area contributed by atoms with Gasteiger partial charge in [-0.2, -0.15) is 0 Å². The molecule has 1 saturated heterocycles. The highest BCUT2D eigenvalue weighted by molar-refractivity contribution is 7.99. The van der Waals surface area contributed by atoms with Gasteiger partial charge in [0.25, 0.3) is 0 Å². The van der Waals surface area contributed by atoms with E-state index in [0.717, 1.165) is 42.3 Å². The summed E-state index contributed by atoms with van der Waals surface area (Å²) in [6.45, 7) is 7.54. The summed E-state index contributed by atoms with van der Waals surface area (Å²) < 4.78 is 11.7. The lowest BCUT2D eigenvalue weighted by Crippen LogP contribution is -2.25. The number of allylic oxidation sites excluding steroid dienone is 1. The largest absolute Gasteiger partial charge is 0.489 e. The molecule has 0 spiro atoms. The van der Waals surface area contributed by atoms with Crippen LogP contribution in [0.25, 0.3) is 5.57 Å². The van der Waals surface area contributed by atoms with E-state index in [-0.39, 0.29) is 12.1 Å². The minimum atomic E-state index is -0.524. The van der Waals surface area contributed by atoms with Gasteiger partial charge in [-0.05, 0) is 87.2 Å². The lowest BCUT2D eigenvalue weighted by atomic mass is 9.96. The number of rotatable bonds is 4. The first-order valence-corrected chi connectivity index (χ1v) is 11.6. The molecule has 0 bridgehead atoms. The van der Waals surface area contributed by atoms with E-state index in [2.05, 4.69) is 41.7 Å². The molecule has 158 valence electrons. The molecule has 30 heavy (non-hydrogen) atoms. The molecule has 0 aromatic heterocycles. The number of thioether (sulfide) groups is 1. The second kappa shape index (κ2) is 8.86. The minimum Gasteiger partial charge on any atom is -0.489 e. The van der Waals surface area contributed by atoms with Crippen LogP contribution in [-0.4, -0.2) is 30.9 Å². The van der Waals surface area contributed by atoms with Gasteiger partial charge in [-0.3, -0.25) is 4.79 Å². The zero-order valence-electron chi connectivity index (χ0n) is 17.9. The molecule has 2 aromatic carbocycles. The number of carbonyl (C=O) groups is 1. The van der Waals surface area contributed by atoms with E-state index >= 15 is 0 Å². The monoisotopic (exact) mass is 423 g/mol. The second-order valence-corrected chi connectivity index (χ2v) is 9.95. The molecule has 5 heteroatoms. The van der Waals surface area contributed by atoms with Gasteiger partial charge in [0.05, 0.1) is 5.41 Å². The second-order valence-electron chi connectivity index (χ2n) is 8.81. The van der Waals surface area contributed by atoms with Crippen molar-refractivity contribution in [2.45, 2.75) is 44.6 Å².